The van der Waals surface area contributed by atoms with Crippen LogP contribution >= 0.6 is 11.6 Å². The van der Waals surface area contributed by atoms with E-state index < -0.39 is 0 Å². The minimum atomic E-state index is 0.323. The molecule has 1 saturated carbocycles. The summed E-state index contributed by atoms with van der Waals surface area (Å²) in [6.45, 7) is 0. The zero-order valence-corrected chi connectivity index (χ0v) is 11.6. The molecule has 0 saturated heterocycles. The fourth-order valence-corrected chi connectivity index (χ4v) is 2.68. The number of halogens is 1. The van der Waals surface area contributed by atoms with Gasteiger partial charge in [0.25, 0.3) is 0 Å². The minimum Gasteiger partial charge on any atom is -0.493 e. The summed E-state index contributed by atoms with van der Waals surface area (Å²) in [6.07, 6.45) is 6.03. The van der Waals surface area contributed by atoms with Gasteiger partial charge in [0.05, 0.1) is 18.9 Å². The van der Waals surface area contributed by atoms with Crippen LogP contribution in [0.25, 0.3) is 0 Å². The maximum absolute atomic E-state index is 5.86. The Morgan fingerprint density at radius 3 is 2.56 bits per heavy atom. The largest absolute Gasteiger partial charge is 0.493 e. The molecule has 0 aliphatic heterocycles. The number of hydrogen-bond acceptors (Lipinski definition) is 4. The fraction of sp³-hybridized carbons (Fsp3) is 0.692. The molecule has 0 radical (unpaired) electrons. The van der Waals surface area contributed by atoms with Gasteiger partial charge >= 0.3 is 0 Å². The molecule has 0 aromatic carbocycles. The van der Waals surface area contributed by atoms with E-state index in [-0.39, 0.29) is 0 Å². The van der Waals surface area contributed by atoms with Crippen LogP contribution in [0, 0.1) is 5.92 Å². The van der Waals surface area contributed by atoms with Crippen molar-refractivity contribution in [3.8, 4) is 5.75 Å². The van der Waals surface area contributed by atoms with E-state index in [1.807, 2.05) is 6.07 Å². The summed E-state index contributed by atoms with van der Waals surface area (Å²) in [5.74, 6) is 1.27. The quantitative estimate of drug-likeness (QED) is 0.844. The summed E-state index contributed by atoms with van der Waals surface area (Å²) in [7, 11) is 3.39. The van der Waals surface area contributed by atoms with Crippen molar-refractivity contribution in [2.24, 2.45) is 5.92 Å². The van der Waals surface area contributed by atoms with Crippen molar-refractivity contribution in [1.82, 2.24) is 10.2 Å². The smallest absolute Gasteiger partial charge is 0.193 e. The normalized spacial score (nSPS) is 23.9. The minimum absolute atomic E-state index is 0.323. The van der Waals surface area contributed by atoms with E-state index in [1.165, 1.54) is 12.8 Å². The summed E-state index contributed by atoms with van der Waals surface area (Å²) >= 11 is 5.86. The molecule has 0 amide bonds. The van der Waals surface area contributed by atoms with Crippen LogP contribution in [0.5, 0.6) is 5.75 Å². The Morgan fingerprint density at radius 2 is 1.94 bits per heavy atom. The lowest BCUT2D eigenvalue weighted by atomic mass is 9.84. The average Bonchev–Trinajstić information content (AvgIpc) is 2.42. The van der Waals surface area contributed by atoms with Gasteiger partial charge in [0.2, 0.25) is 0 Å². The molecule has 1 aliphatic rings. The third kappa shape index (κ3) is 3.33. The number of hydrogen-bond donors (Lipinski definition) is 0. The Kier molecular flexibility index (Phi) is 4.78. The predicted molar refractivity (Wildman–Crippen MR) is 70.1 cm³/mol. The highest BCUT2D eigenvalue weighted by atomic mass is 35.5. The number of aromatic nitrogens is 2. The molecule has 1 fully saturated rings. The summed E-state index contributed by atoms with van der Waals surface area (Å²) in [5.41, 5.74) is 0.956. The Balaban J connectivity index is 1.94. The van der Waals surface area contributed by atoms with Crippen molar-refractivity contribution in [2.45, 2.75) is 38.2 Å². The van der Waals surface area contributed by atoms with E-state index >= 15 is 0 Å². The molecule has 2 rings (SSSR count). The number of nitrogens with zero attached hydrogens (tertiary/aromatic N) is 2. The Labute approximate surface area is 113 Å². The standard InChI is InChI=1S/C13H19ClN2O2/c1-17-11-5-3-9(4-6-11)7-10-8-12(18-2)13(14)16-15-10/h8-9,11H,3-7H2,1-2H3. The van der Waals surface area contributed by atoms with E-state index in [1.54, 1.807) is 14.2 Å². The predicted octanol–water partition coefficient (Wildman–Crippen LogP) is 2.89. The van der Waals surface area contributed by atoms with Crippen molar-refractivity contribution < 1.29 is 9.47 Å². The molecule has 0 N–H and O–H groups in total. The van der Waals surface area contributed by atoms with Gasteiger partial charge in [-0.15, -0.1) is 5.10 Å². The van der Waals surface area contributed by atoms with Gasteiger partial charge < -0.3 is 9.47 Å². The van der Waals surface area contributed by atoms with Crippen LogP contribution in [-0.2, 0) is 11.2 Å². The van der Waals surface area contributed by atoms with E-state index in [2.05, 4.69) is 10.2 Å². The van der Waals surface area contributed by atoms with Crippen molar-refractivity contribution >= 4 is 11.6 Å². The van der Waals surface area contributed by atoms with Crippen LogP contribution in [0.15, 0.2) is 6.07 Å². The molecule has 1 aromatic heterocycles. The van der Waals surface area contributed by atoms with Gasteiger partial charge in [-0.3, -0.25) is 0 Å². The first-order valence-electron chi connectivity index (χ1n) is 6.31. The van der Waals surface area contributed by atoms with Gasteiger partial charge in [-0.25, -0.2) is 0 Å². The lowest BCUT2D eigenvalue weighted by molar-refractivity contribution is 0.0567. The monoisotopic (exact) mass is 270 g/mol. The summed E-state index contributed by atoms with van der Waals surface area (Å²) in [5, 5.41) is 8.36. The first kappa shape index (κ1) is 13.6. The molecule has 100 valence electrons. The molecule has 0 unspecified atom stereocenters. The molecule has 5 heteroatoms. The molecular formula is C13H19ClN2O2. The molecule has 18 heavy (non-hydrogen) atoms. The third-order valence-electron chi connectivity index (χ3n) is 3.61. The second-order valence-electron chi connectivity index (χ2n) is 4.78. The van der Waals surface area contributed by atoms with Crippen LogP contribution in [-0.4, -0.2) is 30.5 Å². The Morgan fingerprint density at radius 1 is 1.22 bits per heavy atom. The SMILES string of the molecule is COc1cc(CC2CCC(OC)CC2)nnc1Cl. The lowest BCUT2D eigenvalue weighted by Gasteiger charge is -2.27. The van der Waals surface area contributed by atoms with E-state index in [9.17, 15) is 0 Å². The van der Waals surface area contributed by atoms with Crippen LogP contribution in [0.1, 0.15) is 31.4 Å². The van der Waals surface area contributed by atoms with Crippen molar-refractivity contribution in [3.05, 3.63) is 16.9 Å². The molecule has 0 spiro atoms. The maximum Gasteiger partial charge on any atom is 0.193 e. The van der Waals surface area contributed by atoms with Crippen molar-refractivity contribution in [3.63, 3.8) is 0 Å². The summed E-state index contributed by atoms with van der Waals surface area (Å²) < 4.78 is 10.5. The topological polar surface area (TPSA) is 44.2 Å². The van der Waals surface area contributed by atoms with Gasteiger partial charge in [0, 0.05) is 13.2 Å². The first-order chi connectivity index (χ1) is 8.72. The van der Waals surface area contributed by atoms with Gasteiger partial charge in [0.1, 0.15) is 0 Å². The maximum atomic E-state index is 5.86. The summed E-state index contributed by atoms with van der Waals surface area (Å²) in [4.78, 5) is 0. The van der Waals surface area contributed by atoms with Gasteiger partial charge in [-0.1, -0.05) is 11.6 Å². The van der Waals surface area contributed by atoms with Crippen molar-refractivity contribution in [1.29, 1.82) is 0 Å². The first-order valence-corrected chi connectivity index (χ1v) is 6.69. The number of ether oxygens (including phenoxy) is 2. The highest BCUT2D eigenvalue weighted by Crippen LogP contribution is 2.29. The van der Waals surface area contributed by atoms with Crippen molar-refractivity contribution in [2.75, 3.05) is 14.2 Å². The van der Waals surface area contributed by atoms with Gasteiger partial charge in [-0.2, -0.15) is 5.10 Å². The second-order valence-corrected chi connectivity index (χ2v) is 5.14. The lowest BCUT2D eigenvalue weighted by Crippen LogP contribution is -2.21. The van der Waals surface area contributed by atoms with Crippen LogP contribution in [0.4, 0.5) is 0 Å². The molecule has 1 aliphatic carbocycles. The molecule has 1 aromatic rings. The number of rotatable bonds is 4. The molecule has 0 atom stereocenters. The van der Waals surface area contributed by atoms with Crippen LogP contribution < -0.4 is 4.74 Å². The fourth-order valence-electron chi connectivity index (χ4n) is 2.51. The van der Waals surface area contributed by atoms with Gasteiger partial charge in [-0.05, 0) is 38.0 Å². The van der Waals surface area contributed by atoms with Gasteiger partial charge in [0.15, 0.2) is 10.9 Å². The molecule has 1 heterocycles. The Bertz CT molecular complexity index is 393. The zero-order chi connectivity index (χ0) is 13.0. The second kappa shape index (κ2) is 6.34. The highest BCUT2D eigenvalue weighted by molar-refractivity contribution is 6.30. The molecule has 4 nitrogen and oxygen atoms in total. The van der Waals surface area contributed by atoms with E-state index in [0.717, 1.165) is 25.0 Å². The Hall–Kier alpha value is -0.870. The molecular weight excluding hydrogens is 252 g/mol. The third-order valence-corrected chi connectivity index (χ3v) is 3.87. The average molecular weight is 271 g/mol. The zero-order valence-electron chi connectivity index (χ0n) is 10.9. The van der Waals surface area contributed by atoms with E-state index in [4.69, 9.17) is 21.1 Å². The highest BCUT2D eigenvalue weighted by Gasteiger charge is 2.21. The van der Waals surface area contributed by atoms with E-state index in [0.29, 0.717) is 22.9 Å². The van der Waals surface area contributed by atoms with Crippen LogP contribution in [0.2, 0.25) is 5.15 Å². The molecule has 0 bridgehead atoms. The summed E-state index contributed by atoms with van der Waals surface area (Å²) in [6, 6.07) is 1.89. The number of methoxy groups -OCH3 is 2. The van der Waals surface area contributed by atoms with Crippen LogP contribution in [0.3, 0.4) is 0 Å².